The zero-order valence-corrected chi connectivity index (χ0v) is 16.7. The molecule has 0 bridgehead atoms. The molecule has 4 nitrogen and oxygen atoms in total. The topological polar surface area (TPSA) is 41.6 Å². The van der Waals surface area contributed by atoms with Crippen LogP contribution in [0.2, 0.25) is 0 Å². The van der Waals surface area contributed by atoms with E-state index >= 15 is 0 Å². The standard InChI is InChI=1S/C23H30N2O2/c1-17-14-18(2)19(3)22(15-17)27-16-23(26)24-11-7-13-25-12-6-9-20-8-4-5-10-21(20)25/h4-5,8,10,14-15H,6-7,9,11-13,16H2,1-3H3,(H,24,26). The van der Waals surface area contributed by atoms with E-state index in [1.807, 2.05) is 19.9 Å². The fraction of sp³-hybridized carbons (Fsp3) is 0.435. The lowest BCUT2D eigenvalue weighted by molar-refractivity contribution is -0.123. The number of nitrogens with one attached hydrogen (secondary N) is 1. The number of carbonyl (C=O) groups excluding carboxylic acids is 1. The number of nitrogens with zero attached hydrogens (tertiary/aromatic N) is 1. The molecule has 1 amide bonds. The van der Waals surface area contributed by atoms with Crippen LogP contribution in [-0.4, -0.2) is 32.1 Å². The van der Waals surface area contributed by atoms with E-state index in [-0.39, 0.29) is 12.5 Å². The van der Waals surface area contributed by atoms with Crippen LogP contribution in [0.5, 0.6) is 5.75 Å². The lowest BCUT2D eigenvalue weighted by atomic mass is 10.0. The van der Waals surface area contributed by atoms with E-state index in [1.165, 1.54) is 29.7 Å². The molecule has 1 aliphatic rings. The van der Waals surface area contributed by atoms with E-state index < -0.39 is 0 Å². The van der Waals surface area contributed by atoms with Crippen LogP contribution in [0.1, 0.15) is 35.1 Å². The molecule has 0 saturated carbocycles. The number of anilines is 1. The van der Waals surface area contributed by atoms with Crippen LogP contribution in [0.15, 0.2) is 36.4 Å². The molecule has 144 valence electrons. The van der Waals surface area contributed by atoms with Gasteiger partial charge in [0, 0.05) is 25.3 Å². The highest BCUT2D eigenvalue weighted by molar-refractivity contribution is 5.77. The molecule has 2 aromatic rings. The van der Waals surface area contributed by atoms with Gasteiger partial charge >= 0.3 is 0 Å². The summed E-state index contributed by atoms with van der Waals surface area (Å²) in [5, 5.41) is 2.97. The van der Waals surface area contributed by atoms with Gasteiger partial charge in [-0.1, -0.05) is 24.3 Å². The van der Waals surface area contributed by atoms with Gasteiger partial charge in [-0.25, -0.2) is 0 Å². The van der Waals surface area contributed by atoms with Crippen molar-refractivity contribution in [1.82, 2.24) is 5.32 Å². The Morgan fingerprint density at radius 1 is 1.19 bits per heavy atom. The average Bonchev–Trinajstić information content (AvgIpc) is 2.67. The molecular formula is C23H30N2O2. The Bertz CT molecular complexity index is 801. The summed E-state index contributed by atoms with van der Waals surface area (Å²) in [4.78, 5) is 14.5. The Morgan fingerprint density at radius 2 is 2.00 bits per heavy atom. The van der Waals surface area contributed by atoms with Crippen molar-refractivity contribution in [2.24, 2.45) is 0 Å². The van der Waals surface area contributed by atoms with Gasteiger partial charge in [0.15, 0.2) is 6.61 Å². The van der Waals surface area contributed by atoms with Crippen LogP contribution in [-0.2, 0) is 11.2 Å². The molecular weight excluding hydrogens is 336 g/mol. The molecule has 3 rings (SSSR count). The summed E-state index contributed by atoms with van der Waals surface area (Å²) >= 11 is 0. The minimum absolute atomic E-state index is 0.0624. The molecule has 0 unspecified atom stereocenters. The smallest absolute Gasteiger partial charge is 0.257 e. The van der Waals surface area contributed by atoms with Crippen molar-refractivity contribution in [1.29, 1.82) is 0 Å². The average molecular weight is 367 g/mol. The molecule has 2 aromatic carbocycles. The second-order valence-electron chi connectivity index (χ2n) is 7.42. The number of para-hydroxylation sites is 1. The number of amides is 1. The Balaban J connectivity index is 1.41. The number of hydrogen-bond donors (Lipinski definition) is 1. The van der Waals surface area contributed by atoms with Crippen LogP contribution in [0.3, 0.4) is 0 Å². The third-order valence-corrected chi connectivity index (χ3v) is 5.26. The lowest BCUT2D eigenvalue weighted by Gasteiger charge is -2.31. The molecule has 0 saturated heterocycles. The third kappa shape index (κ3) is 5.03. The molecule has 1 aliphatic heterocycles. The summed E-state index contributed by atoms with van der Waals surface area (Å²) in [6.07, 6.45) is 3.30. The fourth-order valence-corrected chi connectivity index (χ4v) is 3.69. The number of benzene rings is 2. The van der Waals surface area contributed by atoms with Crippen molar-refractivity contribution in [2.45, 2.75) is 40.0 Å². The summed E-state index contributed by atoms with van der Waals surface area (Å²) in [7, 11) is 0. The predicted octanol–water partition coefficient (Wildman–Crippen LogP) is 3.95. The molecule has 0 radical (unpaired) electrons. The van der Waals surface area contributed by atoms with Gasteiger partial charge in [0.25, 0.3) is 5.91 Å². The first kappa shape index (κ1) is 19.3. The SMILES string of the molecule is Cc1cc(C)c(C)c(OCC(=O)NCCCN2CCCc3ccccc32)c1. The molecule has 4 heteroatoms. The number of aryl methyl sites for hydroxylation is 3. The highest BCUT2D eigenvalue weighted by Gasteiger charge is 2.15. The molecule has 0 atom stereocenters. The second-order valence-corrected chi connectivity index (χ2v) is 7.42. The summed E-state index contributed by atoms with van der Waals surface area (Å²) in [5.41, 5.74) is 6.22. The first-order valence-electron chi connectivity index (χ1n) is 9.85. The zero-order chi connectivity index (χ0) is 19.2. The van der Waals surface area contributed by atoms with E-state index in [0.717, 1.165) is 36.4 Å². The van der Waals surface area contributed by atoms with Gasteiger partial charge in [0.2, 0.25) is 0 Å². The van der Waals surface area contributed by atoms with Crippen LogP contribution >= 0.6 is 0 Å². The Labute approximate surface area is 162 Å². The summed E-state index contributed by atoms with van der Waals surface area (Å²) in [6.45, 7) is 8.93. The number of fused-ring (bicyclic) bond motifs is 1. The summed E-state index contributed by atoms with van der Waals surface area (Å²) in [5.74, 6) is 0.736. The second kappa shape index (κ2) is 8.94. The molecule has 27 heavy (non-hydrogen) atoms. The van der Waals surface area contributed by atoms with Crippen molar-refractivity contribution in [3.05, 3.63) is 58.7 Å². The molecule has 1 heterocycles. The molecule has 0 aromatic heterocycles. The monoisotopic (exact) mass is 366 g/mol. The molecule has 0 fully saturated rings. The zero-order valence-electron chi connectivity index (χ0n) is 16.7. The van der Waals surface area contributed by atoms with Crippen molar-refractivity contribution in [3.8, 4) is 5.75 Å². The molecule has 0 aliphatic carbocycles. The predicted molar refractivity (Wildman–Crippen MR) is 111 cm³/mol. The largest absolute Gasteiger partial charge is 0.483 e. The van der Waals surface area contributed by atoms with E-state index in [0.29, 0.717) is 6.54 Å². The molecule has 1 N–H and O–H groups in total. The van der Waals surface area contributed by atoms with Gasteiger partial charge in [0.1, 0.15) is 5.75 Å². The van der Waals surface area contributed by atoms with Crippen LogP contribution in [0.4, 0.5) is 5.69 Å². The number of ether oxygens (including phenoxy) is 1. The van der Waals surface area contributed by atoms with E-state index in [2.05, 4.69) is 47.5 Å². The lowest BCUT2D eigenvalue weighted by Crippen LogP contribution is -2.34. The Morgan fingerprint density at radius 3 is 2.85 bits per heavy atom. The highest BCUT2D eigenvalue weighted by Crippen LogP contribution is 2.26. The van der Waals surface area contributed by atoms with Gasteiger partial charge in [-0.15, -0.1) is 0 Å². The minimum atomic E-state index is -0.0624. The fourth-order valence-electron chi connectivity index (χ4n) is 3.69. The maximum absolute atomic E-state index is 12.1. The van der Waals surface area contributed by atoms with Crippen LogP contribution in [0, 0.1) is 20.8 Å². The first-order valence-corrected chi connectivity index (χ1v) is 9.85. The third-order valence-electron chi connectivity index (χ3n) is 5.26. The van der Waals surface area contributed by atoms with E-state index in [1.54, 1.807) is 0 Å². The van der Waals surface area contributed by atoms with Crippen molar-refractivity contribution >= 4 is 11.6 Å². The van der Waals surface area contributed by atoms with Crippen LogP contribution in [0.25, 0.3) is 0 Å². The normalized spacial score (nSPS) is 13.2. The first-order chi connectivity index (χ1) is 13.0. The highest BCUT2D eigenvalue weighted by atomic mass is 16.5. The molecule has 0 spiro atoms. The van der Waals surface area contributed by atoms with Crippen molar-refractivity contribution < 1.29 is 9.53 Å². The number of rotatable bonds is 7. The van der Waals surface area contributed by atoms with E-state index in [4.69, 9.17) is 4.74 Å². The Kier molecular flexibility index (Phi) is 6.38. The van der Waals surface area contributed by atoms with Crippen molar-refractivity contribution in [2.75, 3.05) is 31.1 Å². The quantitative estimate of drug-likeness (QED) is 0.755. The maximum Gasteiger partial charge on any atom is 0.257 e. The van der Waals surface area contributed by atoms with Gasteiger partial charge < -0.3 is 15.0 Å². The number of carbonyl (C=O) groups is 1. The van der Waals surface area contributed by atoms with Crippen molar-refractivity contribution in [3.63, 3.8) is 0 Å². The van der Waals surface area contributed by atoms with Gasteiger partial charge in [-0.3, -0.25) is 4.79 Å². The summed E-state index contributed by atoms with van der Waals surface area (Å²) < 4.78 is 5.73. The van der Waals surface area contributed by atoms with Gasteiger partial charge in [0.05, 0.1) is 0 Å². The van der Waals surface area contributed by atoms with Crippen LogP contribution < -0.4 is 15.0 Å². The Hall–Kier alpha value is -2.49. The van der Waals surface area contributed by atoms with Gasteiger partial charge in [-0.2, -0.15) is 0 Å². The maximum atomic E-state index is 12.1. The number of hydrogen-bond acceptors (Lipinski definition) is 3. The minimum Gasteiger partial charge on any atom is -0.483 e. The van der Waals surface area contributed by atoms with E-state index in [9.17, 15) is 4.79 Å². The summed E-state index contributed by atoms with van der Waals surface area (Å²) in [6, 6.07) is 12.7. The van der Waals surface area contributed by atoms with Gasteiger partial charge in [-0.05, 0) is 74.4 Å².